The smallest absolute Gasteiger partial charge is 0.414 e. The van der Waals surface area contributed by atoms with Crippen LogP contribution >= 0.6 is 11.6 Å². The van der Waals surface area contributed by atoms with Crippen LogP contribution in [0.3, 0.4) is 0 Å². The molecule has 0 aliphatic carbocycles. The van der Waals surface area contributed by atoms with E-state index in [1.54, 1.807) is 6.07 Å². The molecule has 2 unspecified atom stereocenters. The number of nitrogens with zero attached hydrogens (tertiary/aromatic N) is 1. The molecule has 1 aromatic carbocycles. The van der Waals surface area contributed by atoms with Crippen molar-refractivity contribution in [2.24, 2.45) is 0 Å². The summed E-state index contributed by atoms with van der Waals surface area (Å²) in [5, 5.41) is 0.322. The SMILES string of the molecule is CCC(C)(CC)OC(=O)C(C[C@@H]1COCCO1)n1cc2c(cc1=O)-c1cc(Cl)ccc1CC(C(F)(F)F)OC2. The third kappa shape index (κ3) is 6.85. The highest BCUT2D eigenvalue weighted by atomic mass is 35.5. The summed E-state index contributed by atoms with van der Waals surface area (Å²) in [5.41, 5.74) is 0.244. The molecule has 0 amide bonds. The minimum Gasteiger partial charge on any atom is -0.458 e. The first-order chi connectivity index (χ1) is 18.4. The monoisotopic (exact) mass is 571 g/mol. The molecule has 11 heteroatoms. The minimum atomic E-state index is -4.60. The van der Waals surface area contributed by atoms with Gasteiger partial charge in [0.15, 0.2) is 6.10 Å². The Balaban J connectivity index is 1.80. The number of alkyl halides is 3. The third-order valence-corrected chi connectivity index (χ3v) is 7.79. The number of esters is 1. The molecule has 4 rings (SSSR count). The number of carbonyl (C=O) groups excluding carboxylic acids is 1. The van der Waals surface area contributed by atoms with E-state index < -0.39 is 54.6 Å². The molecule has 2 aliphatic rings. The van der Waals surface area contributed by atoms with Gasteiger partial charge in [0.1, 0.15) is 11.6 Å². The van der Waals surface area contributed by atoms with E-state index in [0.717, 1.165) is 0 Å². The van der Waals surface area contributed by atoms with Crippen LogP contribution in [0.4, 0.5) is 13.2 Å². The summed E-state index contributed by atoms with van der Waals surface area (Å²) in [6.45, 7) is 6.21. The molecule has 3 heterocycles. The lowest BCUT2D eigenvalue weighted by atomic mass is 9.92. The van der Waals surface area contributed by atoms with Crippen molar-refractivity contribution in [1.29, 1.82) is 0 Å². The molecule has 1 fully saturated rings. The van der Waals surface area contributed by atoms with Gasteiger partial charge >= 0.3 is 12.1 Å². The molecule has 0 N–H and O–H groups in total. The molecule has 39 heavy (non-hydrogen) atoms. The summed E-state index contributed by atoms with van der Waals surface area (Å²) in [5.74, 6) is -0.624. The number of aromatic nitrogens is 1. The molecule has 1 aromatic heterocycles. The van der Waals surface area contributed by atoms with E-state index in [2.05, 4.69) is 0 Å². The number of hydrogen-bond donors (Lipinski definition) is 0. The number of rotatable bonds is 7. The van der Waals surface area contributed by atoms with Gasteiger partial charge in [-0.25, -0.2) is 4.79 Å². The fourth-order valence-corrected chi connectivity index (χ4v) is 4.96. The Labute approximate surface area is 230 Å². The van der Waals surface area contributed by atoms with Gasteiger partial charge in [-0.3, -0.25) is 4.79 Å². The summed E-state index contributed by atoms with van der Waals surface area (Å²) in [6, 6.07) is 4.80. The van der Waals surface area contributed by atoms with E-state index >= 15 is 0 Å². The first kappa shape index (κ1) is 29.6. The van der Waals surface area contributed by atoms with Gasteiger partial charge < -0.3 is 23.5 Å². The van der Waals surface area contributed by atoms with E-state index in [1.165, 1.54) is 29.0 Å². The predicted molar refractivity (Wildman–Crippen MR) is 139 cm³/mol. The molecular formula is C28H33ClF3NO6. The maximum absolute atomic E-state index is 13.8. The number of ether oxygens (including phenoxy) is 4. The van der Waals surface area contributed by atoms with Crippen molar-refractivity contribution in [3.8, 4) is 11.1 Å². The van der Waals surface area contributed by atoms with Crippen LogP contribution in [0.25, 0.3) is 11.1 Å². The Morgan fingerprint density at radius 1 is 1.13 bits per heavy atom. The summed E-state index contributed by atoms with van der Waals surface area (Å²) in [6.07, 6.45) is -4.92. The predicted octanol–water partition coefficient (Wildman–Crippen LogP) is 5.64. The second kappa shape index (κ2) is 12.0. The third-order valence-electron chi connectivity index (χ3n) is 7.56. The van der Waals surface area contributed by atoms with Crippen molar-refractivity contribution in [2.75, 3.05) is 19.8 Å². The summed E-state index contributed by atoms with van der Waals surface area (Å²) in [7, 11) is 0. The molecule has 0 radical (unpaired) electrons. The van der Waals surface area contributed by atoms with Crippen molar-refractivity contribution >= 4 is 17.6 Å². The van der Waals surface area contributed by atoms with Gasteiger partial charge in [-0.2, -0.15) is 13.2 Å². The maximum atomic E-state index is 13.8. The highest BCUT2D eigenvalue weighted by molar-refractivity contribution is 6.30. The van der Waals surface area contributed by atoms with Crippen LogP contribution in [0, 0.1) is 0 Å². The van der Waals surface area contributed by atoms with Crippen LogP contribution in [0.2, 0.25) is 5.02 Å². The molecule has 0 bridgehead atoms. The van der Waals surface area contributed by atoms with Crippen LogP contribution in [-0.4, -0.2) is 54.3 Å². The standard InChI is InChI=1S/C28H33ClF3NO6/c1-4-27(3,5-2)39-26(35)23(12-20-16-36-8-9-37-20)33-14-18-15-38-24(28(30,31)32)10-17-6-7-19(29)11-21(17)22(18)13-25(33)34/h6-7,11,13-14,20,23-24H,4-5,8-10,12,15-16H2,1-3H3/t20-,23?,24?/m1/s1. The number of pyridine rings is 1. The number of fused-ring (bicyclic) bond motifs is 3. The molecular weight excluding hydrogens is 539 g/mol. The highest BCUT2D eigenvalue weighted by Gasteiger charge is 2.42. The van der Waals surface area contributed by atoms with Crippen molar-refractivity contribution in [2.45, 2.75) is 83.1 Å². The van der Waals surface area contributed by atoms with Gasteiger partial charge in [0.2, 0.25) is 0 Å². The fourth-order valence-electron chi connectivity index (χ4n) is 4.79. The van der Waals surface area contributed by atoms with E-state index in [9.17, 15) is 22.8 Å². The van der Waals surface area contributed by atoms with E-state index in [0.29, 0.717) is 53.3 Å². The highest BCUT2D eigenvalue weighted by Crippen LogP contribution is 2.37. The van der Waals surface area contributed by atoms with Crippen molar-refractivity contribution in [1.82, 2.24) is 4.57 Å². The molecule has 7 nitrogen and oxygen atoms in total. The zero-order chi connectivity index (χ0) is 28.4. The normalized spacial score (nSPS) is 20.8. The molecule has 214 valence electrons. The Morgan fingerprint density at radius 2 is 1.85 bits per heavy atom. The number of carbonyl (C=O) groups is 1. The van der Waals surface area contributed by atoms with E-state index in [1.807, 2.05) is 20.8 Å². The zero-order valence-electron chi connectivity index (χ0n) is 22.2. The van der Waals surface area contributed by atoms with Gasteiger partial charge in [-0.15, -0.1) is 0 Å². The average Bonchev–Trinajstić information content (AvgIpc) is 2.89. The lowest BCUT2D eigenvalue weighted by molar-refractivity contribution is -0.223. The second-order valence-corrected chi connectivity index (χ2v) is 10.6. The quantitative estimate of drug-likeness (QED) is 0.400. The topological polar surface area (TPSA) is 76.0 Å². The van der Waals surface area contributed by atoms with Gasteiger partial charge in [0, 0.05) is 35.7 Å². The van der Waals surface area contributed by atoms with Crippen molar-refractivity contribution in [3.05, 3.63) is 57.0 Å². The van der Waals surface area contributed by atoms with E-state index in [-0.39, 0.29) is 13.0 Å². The van der Waals surface area contributed by atoms with Crippen LogP contribution in [0.15, 0.2) is 35.3 Å². The molecule has 1 saturated heterocycles. The summed E-state index contributed by atoms with van der Waals surface area (Å²) in [4.78, 5) is 27.1. The zero-order valence-corrected chi connectivity index (χ0v) is 22.9. The number of hydrogen-bond acceptors (Lipinski definition) is 6. The molecule has 2 aromatic rings. The number of halogens is 4. The Hall–Kier alpha value is -2.40. The lowest BCUT2D eigenvalue weighted by Gasteiger charge is -2.32. The number of benzene rings is 1. The second-order valence-electron chi connectivity index (χ2n) is 10.2. The van der Waals surface area contributed by atoms with Gasteiger partial charge in [-0.1, -0.05) is 31.5 Å². The van der Waals surface area contributed by atoms with Crippen LogP contribution in [0.5, 0.6) is 0 Å². The Bertz CT molecular complexity index is 1240. The molecule has 3 atom stereocenters. The van der Waals surface area contributed by atoms with Crippen LogP contribution < -0.4 is 5.56 Å². The minimum absolute atomic E-state index is 0.0927. The Kier molecular flexibility index (Phi) is 9.10. The van der Waals surface area contributed by atoms with Crippen molar-refractivity contribution in [3.63, 3.8) is 0 Å². The van der Waals surface area contributed by atoms with Crippen molar-refractivity contribution < 1.29 is 36.9 Å². The molecule has 0 spiro atoms. The first-order valence-electron chi connectivity index (χ1n) is 13.1. The van der Waals surface area contributed by atoms with Gasteiger partial charge in [0.05, 0.1) is 32.5 Å². The van der Waals surface area contributed by atoms with Crippen LogP contribution in [-0.2, 0) is 36.8 Å². The van der Waals surface area contributed by atoms with E-state index in [4.69, 9.17) is 30.5 Å². The molecule has 0 saturated carbocycles. The van der Waals surface area contributed by atoms with Gasteiger partial charge in [-0.05, 0) is 48.6 Å². The van der Waals surface area contributed by atoms with Crippen LogP contribution in [0.1, 0.15) is 57.2 Å². The maximum Gasteiger partial charge on any atom is 0.414 e. The molecule has 2 aliphatic heterocycles. The first-order valence-corrected chi connectivity index (χ1v) is 13.5. The van der Waals surface area contributed by atoms with Gasteiger partial charge in [0.25, 0.3) is 5.56 Å². The lowest BCUT2D eigenvalue weighted by Crippen LogP contribution is -2.41. The Morgan fingerprint density at radius 3 is 2.49 bits per heavy atom. The summed E-state index contributed by atoms with van der Waals surface area (Å²) >= 11 is 6.20. The summed E-state index contributed by atoms with van der Waals surface area (Å²) < 4.78 is 65.0. The fraction of sp³-hybridized carbons (Fsp3) is 0.571. The average molecular weight is 572 g/mol. The largest absolute Gasteiger partial charge is 0.458 e.